The lowest BCUT2D eigenvalue weighted by atomic mass is 9.90. The van der Waals surface area contributed by atoms with E-state index < -0.39 is 6.26 Å². The summed E-state index contributed by atoms with van der Waals surface area (Å²) in [6.45, 7) is 4.71. The molecule has 2 heteroatoms. The van der Waals surface area contributed by atoms with E-state index in [1.807, 2.05) is 20.9 Å². The summed E-state index contributed by atoms with van der Waals surface area (Å²) in [4.78, 5) is 10.4. The van der Waals surface area contributed by atoms with E-state index in [4.69, 9.17) is 1.37 Å². The predicted molar refractivity (Wildman–Crippen MR) is 38.4 cm³/mol. The first-order valence-electron chi connectivity index (χ1n) is 3.62. The highest BCUT2D eigenvalue weighted by Crippen LogP contribution is 2.16. The molecular formula is C7H15NO. The Balaban J connectivity index is 3.74. The molecule has 0 aromatic carbocycles. The first-order valence-corrected chi connectivity index (χ1v) is 3.12. The van der Waals surface area contributed by atoms with Crippen molar-refractivity contribution < 1.29 is 6.17 Å². The average Bonchev–Trinajstić information content (AvgIpc) is 1.59. The lowest BCUT2D eigenvalue weighted by Gasteiger charge is -2.20. The summed E-state index contributed by atoms with van der Waals surface area (Å²) in [5, 5.41) is 2.98. The van der Waals surface area contributed by atoms with Crippen LogP contribution < -0.4 is 5.32 Å². The van der Waals surface area contributed by atoms with Gasteiger partial charge in [-0.1, -0.05) is 13.8 Å². The fourth-order valence-corrected chi connectivity index (χ4v) is 0.736. The van der Waals surface area contributed by atoms with Gasteiger partial charge in [0, 0.05) is 13.0 Å². The van der Waals surface area contributed by atoms with Crippen molar-refractivity contribution in [3.05, 3.63) is 0 Å². The first kappa shape index (κ1) is 6.75. The van der Waals surface area contributed by atoms with Gasteiger partial charge in [0.15, 0.2) is 0 Å². The molecular weight excluding hydrogens is 114 g/mol. The maximum Gasteiger partial charge on any atom is 0.120 e. The smallest absolute Gasteiger partial charge is 0.120 e. The third-order valence-corrected chi connectivity index (χ3v) is 1.21. The fraction of sp³-hybridized carbons (Fsp3) is 0.857. The predicted octanol–water partition coefficient (Wildman–Crippen LogP) is 0.821. The van der Waals surface area contributed by atoms with Gasteiger partial charge in [-0.3, -0.25) is 0 Å². The van der Waals surface area contributed by atoms with Crippen molar-refractivity contribution in [3.8, 4) is 0 Å². The van der Waals surface area contributed by atoms with Crippen molar-refractivity contribution in [1.82, 2.24) is 5.32 Å². The molecule has 0 aliphatic heterocycles. The van der Waals surface area contributed by atoms with Gasteiger partial charge in [0.25, 0.3) is 0 Å². The molecule has 0 heterocycles. The van der Waals surface area contributed by atoms with Crippen LogP contribution in [0.4, 0.5) is 0 Å². The van der Waals surface area contributed by atoms with Crippen LogP contribution in [0.15, 0.2) is 0 Å². The van der Waals surface area contributed by atoms with Gasteiger partial charge in [0.1, 0.15) is 7.63 Å². The molecule has 0 saturated heterocycles. The van der Waals surface area contributed by atoms with Gasteiger partial charge in [-0.25, -0.2) is 0 Å². The number of hydrogen-bond acceptors (Lipinski definition) is 2. The summed E-state index contributed by atoms with van der Waals surface area (Å²) < 4.78 is 6.75. The van der Waals surface area contributed by atoms with Crippen LogP contribution in [0.3, 0.4) is 0 Å². The van der Waals surface area contributed by atoms with E-state index in [9.17, 15) is 4.79 Å². The topological polar surface area (TPSA) is 29.1 Å². The molecule has 0 atom stereocenters. The highest BCUT2D eigenvalue weighted by atomic mass is 16.1. The molecule has 0 fully saturated rings. The van der Waals surface area contributed by atoms with Crippen LogP contribution in [0, 0.1) is 5.41 Å². The van der Waals surface area contributed by atoms with Crippen molar-refractivity contribution in [2.24, 2.45) is 5.41 Å². The molecule has 0 saturated carbocycles. The molecule has 0 spiro atoms. The van der Waals surface area contributed by atoms with Crippen LogP contribution in [-0.2, 0) is 4.79 Å². The van der Waals surface area contributed by atoms with Crippen LogP contribution in [0.1, 0.15) is 21.6 Å². The molecule has 0 aromatic heterocycles. The first-order chi connectivity index (χ1) is 4.48. The van der Waals surface area contributed by atoms with Gasteiger partial charge < -0.3 is 10.1 Å². The molecule has 0 rings (SSSR count). The zero-order valence-corrected chi connectivity index (χ0v) is 6.32. The van der Waals surface area contributed by atoms with Crippen LogP contribution in [0.2, 0.25) is 0 Å². The third-order valence-electron chi connectivity index (χ3n) is 1.21. The zero-order valence-electron chi connectivity index (χ0n) is 7.32. The molecule has 0 unspecified atom stereocenters. The minimum atomic E-state index is -0.486. The minimum Gasteiger partial charge on any atom is -0.319 e. The number of aldehydes is 1. The monoisotopic (exact) mass is 131 g/mol. The molecule has 0 radical (unpaired) electrons. The van der Waals surface area contributed by atoms with E-state index in [-0.39, 0.29) is 5.41 Å². The molecule has 0 aromatic rings. The second-order valence-electron chi connectivity index (χ2n) is 3.02. The Kier molecular flexibility index (Phi) is 2.71. The number of carbonyl (C=O) groups is 1. The third kappa shape index (κ3) is 4.15. The Labute approximate surface area is 58.0 Å². The Morgan fingerprint density at radius 1 is 1.78 bits per heavy atom. The van der Waals surface area contributed by atoms with Crippen molar-refractivity contribution in [1.29, 1.82) is 0 Å². The average molecular weight is 131 g/mol. The van der Waals surface area contributed by atoms with Crippen molar-refractivity contribution >= 4 is 6.26 Å². The molecule has 0 bridgehead atoms. The summed E-state index contributed by atoms with van der Waals surface area (Å²) in [6.07, 6.45) is -0.159. The fourth-order valence-electron chi connectivity index (χ4n) is 0.736. The Morgan fingerprint density at radius 2 is 2.33 bits per heavy atom. The maximum atomic E-state index is 10.4. The molecule has 0 aliphatic rings. The van der Waals surface area contributed by atoms with Crippen LogP contribution in [-0.4, -0.2) is 19.9 Å². The van der Waals surface area contributed by atoms with Gasteiger partial charge in [-0.2, -0.15) is 0 Å². The summed E-state index contributed by atoms with van der Waals surface area (Å²) in [5.41, 5.74) is -0.0758. The molecule has 1 N–H and O–H groups in total. The zero-order chi connectivity index (χ0) is 8.20. The summed E-state index contributed by atoms with van der Waals surface area (Å²) in [5.74, 6) is 0. The SMILES string of the molecule is [3H]C(=O)CC(C)(C)CNC. The summed E-state index contributed by atoms with van der Waals surface area (Å²) in [7, 11) is 1.84. The lowest BCUT2D eigenvalue weighted by Crippen LogP contribution is -2.26. The van der Waals surface area contributed by atoms with Crippen LogP contribution in [0.5, 0.6) is 0 Å². The van der Waals surface area contributed by atoms with E-state index in [2.05, 4.69) is 5.32 Å². The summed E-state index contributed by atoms with van der Waals surface area (Å²) >= 11 is 0. The van der Waals surface area contributed by atoms with Crippen molar-refractivity contribution in [2.75, 3.05) is 13.6 Å². The highest BCUT2D eigenvalue weighted by Gasteiger charge is 2.14. The van der Waals surface area contributed by atoms with E-state index in [0.29, 0.717) is 6.42 Å². The maximum absolute atomic E-state index is 10.4. The largest absolute Gasteiger partial charge is 0.319 e. The molecule has 9 heavy (non-hydrogen) atoms. The highest BCUT2D eigenvalue weighted by molar-refractivity contribution is 5.50. The normalized spacial score (nSPS) is 13.0. The van der Waals surface area contributed by atoms with Crippen molar-refractivity contribution in [3.63, 3.8) is 0 Å². The number of rotatable bonds is 4. The van der Waals surface area contributed by atoms with Gasteiger partial charge in [0.05, 0.1) is 0 Å². The Hall–Kier alpha value is -0.370. The Morgan fingerprint density at radius 3 is 2.67 bits per heavy atom. The second kappa shape index (κ2) is 3.62. The number of carbonyl (C=O) groups excluding carboxylic acids is 1. The lowest BCUT2D eigenvalue weighted by molar-refractivity contribution is -0.109. The van der Waals surface area contributed by atoms with E-state index in [1.54, 1.807) is 0 Å². The van der Waals surface area contributed by atoms with Crippen LogP contribution in [0.25, 0.3) is 0 Å². The number of hydrogen-bond donors (Lipinski definition) is 1. The molecule has 2 nitrogen and oxygen atoms in total. The molecule has 54 valence electrons. The van der Waals surface area contributed by atoms with Gasteiger partial charge in [-0.15, -0.1) is 0 Å². The van der Waals surface area contributed by atoms with Gasteiger partial charge >= 0.3 is 0 Å². The summed E-state index contributed by atoms with van der Waals surface area (Å²) in [6, 6.07) is 0. The van der Waals surface area contributed by atoms with Gasteiger partial charge in [0.2, 0.25) is 0 Å². The standard InChI is InChI=1S/C7H15NO/c1-7(2,4-5-9)6-8-3/h5,8H,4,6H2,1-3H3/i5T. The van der Waals surface area contributed by atoms with E-state index >= 15 is 0 Å². The quantitative estimate of drug-likeness (QED) is 0.572. The number of nitrogens with one attached hydrogen (secondary N) is 1. The van der Waals surface area contributed by atoms with Gasteiger partial charge in [-0.05, 0) is 12.5 Å². The Bertz CT molecular complexity index is 123. The second-order valence-corrected chi connectivity index (χ2v) is 3.02. The minimum absolute atomic E-state index is 0.0758. The van der Waals surface area contributed by atoms with E-state index in [0.717, 1.165) is 6.54 Å². The van der Waals surface area contributed by atoms with E-state index in [1.165, 1.54) is 0 Å². The van der Waals surface area contributed by atoms with Crippen molar-refractivity contribution in [2.45, 2.75) is 20.3 Å². The molecule has 0 amide bonds. The van der Waals surface area contributed by atoms with Crippen LogP contribution >= 0.6 is 0 Å². The molecule has 0 aliphatic carbocycles.